The number of aryl methyl sites for hydroxylation is 1. The maximum atomic E-state index is 13.7. The largest absolute Gasteiger partial charge is 0.465 e. The average molecular weight is 444 g/mol. The second-order valence-corrected chi connectivity index (χ2v) is 8.32. The number of hydrogen-bond donors (Lipinski definition) is 0. The van der Waals surface area contributed by atoms with E-state index in [-0.39, 0.29) is 5.91 Å². The van der Waals surface area contributed by atoms with E-state index in [1.165, 1.54) is 26.1 Å². The number of pyridine rings is 1. The number of aromatic nitrogens is 1. The van der Waals surface area contributed by atoms with Crippen LogP contribution in [0.1, 0.15) is 39.1 Å². The van der Waals surface area contributed by atoms with E-state index < -0.39 is 5.97 Å². The van der Waals surface area contributed by atoms with E-state index >= 15 is 0 Å². The van der Waals surface area contributed by atoms with Crippen molar-refractivity contribution in [3.05, 3.63) is 77.6 Å². The smallest absolute Gasteiger partial charge is 0.337 e. The van der Waals surface area contributed by atoms with Crippen molar-refractivity contribution in [3.63, 3.8) is 0 Å². The molecule has 168 valence electrons. The number of amides is 1. The van der Waals surface area contributed by atoms with Crippen LogP contribution in [-0.4, -0.2) is 43.1 Å². The second-order valence-electron chi connectivity index (χ2n) is 8.32. The topological polar surface area (TPSA) is 72.0 Å². The molecule has 0 atom stereocenters. The quantitative estimate of drug-likeness (QED) is 0.537. The minimum Gasteiger partial charge on any atom is -0.465 e. The van der Waals surface area contributed by atoms with Crippen molar-refractivity contribution in [1.29, 1.82) is 0 Å². The van der Waals surface area contributed by atoms with E-state index in [0.29, 0.717) is 35.2 Å². The molecule has 2 heterocycles. The zero-order chi connectivity index (χ0) is 22.9. The van der Waals surface area contributed by atoms with E-state index in [1.54, 1.807) is 35.4 Å². The van der Waals surface area contributed by atoms with Gasteiger partial charge in [0.25, 0.3) is 5.91 Å². The average Bonchev–Trinajstić information content (AvgIpc) is 3.69. The number of carbonyl (C=O) groups is 2. The third kappa shape index (κ3) is 4.02. The first-order valence-electron chi connectivity index (χ1n) is 11.0. The van der Waals surface area contributed by atoms with Gasteiger partial charge in [0, 0.05) is 31.5 Å². The molecule has 1 fully saturated rings. The van der Waals surface area contributed by atoms with E-state index in [9.17, 15) is 9.59 Å². The van der Waals surface area contributed by atoms with Crippen LogP contribution in [0.25, 0.3) is 0 Å². The summed E-state index contributed by atoms with van der Waals surface area (Å²) in [5.41, 5.74) is 3.58. The highest BCUT2D eigenvalue weighted by molar-refractivity contribution is 6.09. The predicted octanol–water partition coefficient (Wildman–Crippen LogP) is 4.60. The molecule has 0 unspecified atom stereocenters. The molecule has 0 bridgehead atoms. The molecule has 33 heavy (non-hydrogen) atoms. The normalized spacial score (nSPS) is 15.1. The summed E-state index contributed by atoms with van der Waals surface area (Å²) in [7, 11) is 1.34. The van der Waals surface area contributed by atoms with Crippen LogP contribution in [-0.2, 0) is 4.74 Å². The van der Waals surface area contributed by atoms with Crippen molar-refractivity contribution in [2.75, 3.05) is 30.0 Å². The van der Waals surface area contributed by atoms with Crippen LogP contribution in [0, 0.1) is 6.92 Å². The number of esters is 1. The molecule has 0 saturated heterocycles. The molecule has 0 spiro atoms. The lowest BCUT2D eigenvalue weighted by molar-refractivity contribution is 0.0600. The third-order valence-electron chi connectivity index (χ3n) is 6.12. The summed E-state index contributed by atoms with van der Waals surface area (Å²) >= 11 is 0. The van der Waals surface area contributed by atoms with Crippen molar-refractivity contribution < 1.29 is 19.1 Å². The van der Waals surface area contributed by atoms with Gasteiger partial charge in [0.2, 0.25) is 0 Å². The van der Waals surface area contributed by atoms with Crippen molar-refractivity contribution in [1.82, 2.24) is 4.98 Å². The molecule has 5 rings (SSSR count). The van der Waals surface area contributed by atoms with E-state index in [0.717, 1.165) is 23.5 Å². The number of hydrogen-bond acceptors (Lipinski definition) is 6. The summed E-state index contributed by atoms with van der Waals surface area (Å²) in [6.45, 7) is 3.27. The van der Waals surface area contributed by atoms with Gasteiger partial charge in [-0.15, -0.1) is 0 Å². The maximum Gasteiger partial charge on any atom is 0.337 e. The fourth-order valence-corrected chi connectivity index (χ4v) is 4.21. The van der Waals surface area contributed by atoms with Crippen molar-refractivity contribution >= 4 is 23.3 Å². The van der Waals surface area contributed by atoms with Gasteiger partial charge in [0.15, 0.2) is 0 Å². The maximum absolute atomic E-state index is 13.7. The highest BCUT2D eigenvalue weighted by atomic mass is 16.5. The molecule has 1 aromatic heterocycles. The van der Waals surface area contributed by atoms with E-state index in [2.05, 4.69) is 16.0 Å². The summed E-state index contributed by atoms with van der Waals surface area (Å²) in [5.74, 6) is 0.262. The fraction of sp³-hybridized carbons (Fsp3) is 0.269. The lowest BCUT2D eigenvalue weighted by atomic mass is 10.1. The molecule has 2 aliphatic rings. The Hall–Kier alpha value is -3.87. The number of ether oxygens (including phenoxy) is 2. The van der Waals surface area contributed by atoms with Gasteiger partial charge in [-0.1, -0.05) is 18.2 Å². The number of anilines is 2. The van der Waals surface area contributed by atoms with Crippen molar-refractivity contribution in [2.24, 2.45) is 0 Å². The van der Waals surface area contributed by atoms with Gasteiger partial charge in [-0.3, -0.25) is 9.78 Å². The minimum atomic E-state index is -0.448. The minimum absolute atomic E-state index is 0.164. The van der Waals surface area contributed by atoms with Gasteiger partial charge < -0.3 is 19.3 Å². The van der Waals surface area contributed by atoms with Gasteiger partial charge in [-0.2, -0.15) is 0 Å². The first-order valence-corrected chi connectivity index (χ1v) is 11.0. The predicted molar refractivity (Wildman–Crippen MR) is 125 cm³/mol. The molecule has 1 saturated carbocycles. The highest BCUT2D eigenvalue weighted by Gasteiger charge is 2.36. The van der Waals surface area contributed by atoms with Gasteiger partial charge in [-0.25, -0.2) is 4.79 Å². The summed E-state index contributed by atoms with van der Waals surface area (Å²) in [4.78, 5) is 34.0. The monoisotopic (exact) mass is 443 g/mol. The van der Waals surface area contributed by atoms with Crippen LogP contribution in [0.5, 0.6) is 11.5 Å². The molecule has 3 aromatic rings. The van der Waals surface area contributed by atoms with Gasteiger partial charge in [0.05, 0.1) is 24.0 Å². The Morgan fingerprint density at radius 2 is 1.79 bits per heavy atom. The fourth-order valence-electron chi connectivity index (χ4n) is 4.21. The van der Waals surface area contributed by atoms with Crippen LogP contribution in [0.4, 0.5) is 11.4 Å². The Morgan fingerprint density at radius 1 is 1.00 bits per heavy atom. The summed E-state index contributed by atoms with van der Waals surface area (Å²) in [6.07, 6.45) is 5.53. The zero-order valence-electron chi connectivity index (χ0n) is 18.7. The third-order valence-corrected chi connectivity index (χ3v) is 6.12. The van der Waals surface area contributed by atoms with Crippen LogP contribution < -0.4 is 14.5 Å². The van der Waals surface area contributed by atoms with Crippen LogP contribution in [0.3, 0.4) is 0 Å². The Labute approximate surface area is 192 Å². The lowest BCUT2D eigenvalue weighted by Gasteiger charge is -2.38. The number of benzene rings is 2. The molecule has 1 aliphatic heterocycles. The van der Waals surface area contributed by atoms with Crippen LogP contribution >= 0.6 is 0 Å². The molecule has 7 nitrogen and oxygen atoms in total. The van der Waals surface area contributed by atoms with Crippen LogP contribution in [0.2, 0.25) is 0 Å². The van der Waals surface area contributed by atoms with E-state index in [1.807, 2.05) is 25.1 Å². The molecule has 1 amide bonds. The first-order chi connectivity index (χ1) is 16.1. The van der Waals surface area contributed by atoms with Crippen molar-refractivity contribution in [2.45, 2.75) is 25.8 Å². The Balaban J connectivity index is 1.47. The van der Waals surface area contributed by atoms with E-state index in [4.69, 9.17) is 9.47 Å². The number of carbonyl (C=O) groups excluding carboxylic acids is 2. The highest BCUT2D eigenvalue weighted by Crippen LogP contribution is 2.41. The van der Waals surface area contributed by atoms with Crippen molar-refractivity contribution in [3.8, 4) is 11.5 Å². The first kappa shape index (κ1) is 21.0. The molecule has 1 aliphatic carbocycles. The van der Waals surface area contributed by atoms with Gasteiger partial charge >= 0.3 is 5.97 Å². The van der Waals surface area contributed by atoms with Gasteiger partial charge in [-0.05, 0) is 55.7 Å². The lowest BCUT2D eigenvalue weighted by Crippen LogP contribution is -2.45. The standard InChI is InChI=1S/C26H25N3O4/c1-17-7-8-18(26(31)32-2)15-24(17)33-23-11-12-27-16-20(23)25(30)29-14-13-28(19-9-10-19)21-5-3-4-6-22(21)29/h3-8,11-12,15-16,19H,9-10,13-14H2,1-2H3. The summed E-state index contributed by atoms with van der Waals surface area (Å²) in [5, 5.41) is 0. The Kier molecular flexibility index (Phi) is 5.46. The number of rotatable bonds is 5. The second kappa shape index (κ2) is 8.58. The molecule has 0 N–H and O–H groups in total. The molecular weight excluding hydrogens is 418 g/mol. The molecule has 0 radical (unpaired) electrons. The number of methoxy groups -OCH3 is 1. The Morgan fingerprint density at radius 3 is 2.55 bits per heavy atom. The van der Waals surface area contributed by atoms with Gasteiger partial charge in [0.1, 0.15) is 17.1 Å². The van der Waals surface area contributed by atoms with Crippen LogP contribution in [0.15, 0.2) is 60.9 Å². The Bertz CT molecular complexity index is 1220. The SMILES string of the molecule is COC(=O)c1ccc(C)c(Oc2ccncc2C(=O)N2CCN(C3CC3)c3ccccc32)c1. The number of para-hydroxylation sites is 2. The number of nitrogens with zero attached hydrogens (tertiary/aromatic N) is 3. The molecular formula is C26H25N3O4. The summed E-state index contributed by atoms with van der Waals surface area (Å²) in [6, 6.07) is 15.4. The number of fused-ring (bicyclic) bond motifs is 1. The zero-order valence-corrected chi connectivity index (χ0v) is 18.7. The molecule has 7 heteroatoms. The molecule has 2 aromatic carbocycles. The summed E-state index contributed by atoms with van der Waals surface area (Å²) < 4.78 is 11.0.